The maximum Gasteiger partial charge on any atom is 0.119 e. The van der Waals surface area contributed by atoms with Gasteiger partial charge in [-0.1, -0.05) is 12.1 Å². The Morgan fingerprint density at radius 1 is 1.30 bits per heavy atom. The van der Waals surface area contributed by atoms with Gasteiger partial charge in [-0.3, -0.25) is 9.58 Å². The monoisotopic (exact) mass is 374 g/mol. The van der Waals surface area contributed by atoms with Crippen molar-refractivity contribution in [2.45, 2.75) is 19.1 Å². The maximum atomic E-state index is 10.2. The van der Waals surface area contributed by atoms with Crippen LogP contribution >= 0.6 is 0 Å². The van der Waals surface area contributed by atoms with Gasteiger partial charge in [0, 0.05) is 39.4 Å². The number of β-amino-alcohol motifs (C(OH)–C–C–N with tert-alkyl or cyclic N) is 1. The third-order valence-electron chi connectivity index (χ3n) is 4.59. The number of nitrogens with zero attached hydrogens (tertiary/aromatic N) is 3. The Bertz CT molecular complexity index is 685. The summed E-state index contributed by atoms with van der Waals surface area (Å²) >= 11 is 0. The van der Waals surface area contributed by atoms with Crippen LogP contribution in [0.3, 0.4) is 0 Å². The lowest BCUT2D eigenvalue weighted by Crippen LogP contribution is -2.42. The number of hydrogen-bond acceptors (Lipinski definition) is 6. The molecule has 2 heterocycles. The predicted octanol–water partition coefficient (Wildman–Crippen LogP) is 0.824. The van der Waals surface area contributed by atoms with Gasteiger partial charge in [0.05, 0.1) is 19.4 Å². The van der Waals surface area contributed by atoms with Gasteiger partial charge in [0.2, 0.25) is 0 Å². The van der Waals surface area contributed by atoms with Crippen molar-refractivity contribution in [1.82, 2.24) is 20.0 Å². The zero-order valence-corrected chi connectivity index (χ0v) is 16.0. The lowest BCUT2D eigenvalue weighted by Gasteiger charge is -2.28. The molecule has 1 unspecified atom stereocenters. The average molecular weight is 374 g/mol. The molecule has 7 heteroatoms. The van der Waals surface area contributed by atoms with Crippen molar-refractivity contribution in [1.29, 1.82) is 0 Å². The predicted molar refractivity (Wildman–Crippen MR) is 104 cm³/mol. The van der Waals surface area contributed by atoms with Gasteiger partial charge >= 0.3 is 0 Å². The van der Waals surface area contributed by atoms with Crippen LogP contribution in [0.4, 0.5) is 0 Å². The second-order valence-corrected chi connectivity index (χ2v) is 6.97. The summed E-state index contributed by atoms with van der Waals surface area (Å²) in [7, 11) is 1.93. The number of benzene rings is 1. The van der Waals surface area contributed by atoms with Gasteiger partial charge in [-0.25, -0.2) is 0 Å². The number of hydrogen-bond donors (Lipinski definition) is 2. The van der Waals surface area contributed by atoms with Crippen LogP contribution in [0.5, 0.6) is 5.75 Å². The molecule has 0 aliphatic carbocycles. The van der Waals surface area contributed by atoms with Crippen molar-refractivity contribution in [2.75, 3.05) is 46.0 Å². The first-order valence-corrected chi connectivity index (χ1v) is 9.57. The van der Waals surface area contributed by atoms with E-state index in [1.54, 1.807) is 0 Å². The average Bonchev–Trinajstić information content (AvgIpc) is 3.10. The molecule has 148 valence electrons. The van der Waals surface area contributed by atoms with Crippen molar-refractivity contribution in [3.05, 3.63) is 47.8 Å². The smallest absolute Gasteiger partial charge is 0.119 e. The van der Waals surface area contributed by atoms with Gasteiger partial charge in [0.15, 0.2) is 0 Å². The number of aliphatic hydroxyl groups is 1. The molecule has 0 spiro atoms. The van der Waals surface area contributed by atoms with Crippen molar-refractivity contribution in [2.24, 2.45) is 7.05 Å². The molecule has 1 saturated heterocycles. The second kappa shape index (κ2) is 10.4. The zero-order chi connectivity index (χ0) is 18.9. The zero-order valence-electron chi connectivity index (χ0n) is 16.0. The van der Waals surface area contributed by atoms with Crippen LogP contribution < -0.4 is 10.1 Å². The molecule has 1 fully saturated rings. The fourth-order valence-electron chi connectivity index (χ4n) is 3.14. The Balaban J connectivity index is 1.36. The first-order valence-electron chi connectivity index (χ1n) is 9.57. The van der Waals surface area contributed by atoms with E-state index in [-0.39, 0.29) is 0 Å². The topological polar surface area (TPSA) is 71.8 Å². The number of ether oxygens (including phenoxy) is 2. The summed E-state index contributed by atoms with van der Waals surface area (Å²) in [6.07, 6.45) is 4.40. The fourth-order valence-corrected chi connectivity index (χ4v) is 3.14. The largest absolute Gasteiger partial charge is 0.491 e. The van der Waals surface area contributed by atoms with Crippen LogP contribution in [0.15, 0.2) is 36.7 Å². The summed E-state index contributed by atoms with van der Waals surface area (Å²) in [5.74, 6) is 0.794. The Morgan fingerprint density at radius 3 is 2.93 bits per heavy atom. The van der Waals surface area contributed by atoms with Crippen LogP contribution in [-0.2, 0) is 24.8 Å². The van der Waals surface area contributed by atoms with Gasteiger partial charge in [-0.2, -0.15) is 5.10 Å². The third-order valence-corrected chi connectivity index (χ3v) is 4.59. The van der Waals surface area contributed by atoms with Crippen molar-refractivity contribution in [3.8, 4) is 5.75 Å². The van der Waals surface area contributed by atoms with Crippen molar-refractivity contribution < 1.29 is 14.6 Å². The van der Waals surface area contributed by atoms with E-state index in [0.717, 1.165) is 51.6 Å². The molecule has 27 heavy (non-hydrogen) atoms. The summed E-state index contributed by atoms with van der Waals surface area (Å²) in [6.45, 7) is 5.83. The Labute approximate surface area is 160 Å². The van der Waals surface area contributed by atoms with Gasteiger partial charge < -0.3 is 19.9 Å². The maximum absolute atomic E-state index is 10.2. The minimum Gasteiger partial charge on any atom is -0.491 e. The molecule has 1 aliphatic heterocycles. The molecule has 1 aromatic carbocycles. The van der Waals surface area contributed by atoms with Crippen LogP contribution in [0, 0.1) is 0 Å². The van der Waals surface area contributed by atoms with Crippen LogP contribution in [-0.4, -0.2) is 71.9 Å². The van der Waals surface area contributed by atoms with E-state index in [1.165, 1.54) is 11.1 Å². The van der Waals surface area contributed by atoms with Crippen LogP contribution in [0.1, 0.15) is 11.1 Å². The molecule has 0 saturated carbocycles. The highest BCUT2D eigenvalue weighted by Gasteiger charge is 2.15. The van der Waals surface area contributed by atoms with E-state index in [0.29, 0.717) is 13.2 Å². The molecule has 2 aromatic rings. The summed E-state index contributed by atoms with van der Waals surface area (Å²) in [5, 5.41) is 17.8. The Hall–Kier alpha value is -1.93. The van der Waals surface area contributed by atoms with Gasteiger partial charge in [-0.05, 0) is 36.2 Å². The molecule has 0 radical (unpaired) electrons. The number of rotatable bonds is 10. The number of aromatic nitrogens is 2. The Kier molecular flexibility index (Phi) is 7.65. The van der Waals surface area contributed by atoms with Crippen molar-refractivity contribution in [3.63, 3.8) is 0 Å². The van der Waals surface area contributed by atoms with E-state index in [4.69, 9.17) is 9.47 Å². The molecule has 1 aromatic heterocycles. The quantitative estimate of drug-likeness (QED) is 0.600. The number of aliphatic hydroxyl groups excluding tert-OH is 1. The highest BCUT2D eigenvalue weighted by atomic mass is 16.5. The van der Waals surface area contributed by atoms with Gasteiger partial charge in [0.25, 0.3) is 0 Å². The van der Waals surface area contributed by atoms with Crippen LogP contribution in [0.2, 0.25) is 0 Å². The highest BCUT2D eigenvalue weighted by Crippen LogP contribution is 2.14. The first-order chi connectivity index (χ1) is 13.2. The molecule has 1 aliphatic rings. The highest BCUT2D eigenvalue weighted by molar-refractivity contribution is 5.28. The van der Waals surface area contributed by atoms with E-state index >= 15 is 0 Å². The molecule has 0 amide bonds. The van der Waals surface area contributed by atoms with Crippen LogP contribution in [0.25, 0.3) is 0 Å². The normalized spacial score (nSPS) is 16.4. The summed E-state index contributed by atoms with van der Waals surface area (Å²) in [5.41, 5.74) is 2.40. The minimum absolute atomic E-state index is 0.301. The standard InChI is InChI=1S/C20H30N4O3/c1-23-14-18(13-22-23)5-6-21-12-17-3-2-4-20(11-17)27-16-19(25)15-24-7-9-26-10-8-24/h2-4,11,13-14,19,21,25H,5-10,12,15-16H2,1H3. The molecule has 7 nitrogen and oxygen atoms in total. The summed E-state index contributed by atoms with van der Waals surface area (Å²) in [4.78, 5) is 2.21. The summed E-state index contributed by atoms with van der Waals surface area (Å²) < 4.78 is 12.9. The second-order valence-electron chi connectivity index (χ2n) is 6.97. The molecule has 0 bridgehead atoms. The SMILES string of the molecule is Cn1cc(CCNCc2cccc(OCC(O)CN3CCOCC3)c2)cn1. The minimum atomic E-state index is -0.496. The molecular weight excluding hydrogens is 344 g/mol. The van der Waals surface area contributed by atoms with E-state index in [2.05, 4.69) is 21.4 Å². The number of nitrogens with one attached hydrogen (secondary N) is 1. The lowest BCUT2D eigenvalue weighted by molar-refractivity contribution is 0.00465. The first kappa shape index (κ1) is 19.8. The van der Waals surface area contributed by atoms with E-state index in [1.807, 2.05) is 42.3 Å². The molecule has 2 N–H and O–H groups in total. The van der Waals surface area contributed by atoms with Crippen molar-refractivity contribution >= 4 is 0 Å². The van der Waals surface area contributed by atoms with E-state index in [9.17, 15) is 5.11 Å². The molecule has 1 atom stereocenters. The number of morpholine rings is 1. The van der Waals surface area contributed by atoms with E-state index < -0.39 is 6.10 Å². The lowest BCUT2D eigenvalue weighted by atomic mass is 10.2. The molecule has 3 rings (SSSR count). The molecular formula is C20H30N4O3. The fraction of sp³-hybridized carbons (Fsp3) is 0.550. The third kappa shape index (κ3) is 6.95. The van der Waals surface area contributed by atoms with Gasteiger partial charge in [0.1, 0.15) is 18.5 Å². The number of aryl methyl sites for hydroxylation is 1. The Morgan fingerprint density at radius 2 is 2.15 bits per heavy atom. The van der Waals surface area contributed by atoms with Gasteiger partial charge in [-0.15, -0.1) is 0 Å². The summed E-state index contributed by atoms with van der Waals surface area (Å²) in [6, 6.07) is 8.02.